The molecule has 1 unspecified atom stereocenters. The Morgan fingerprint density at radius 1 is 1.55 bits per heavy atom. The fourth-order valence-electron chi connectivity index (χ4n) is 1.70. The van der Waals surface area contributed by atoms with Gasteiger partial charge >= 0.3 is 5.97 Å². The first-order valence-corrected chi connectivity index (χ1v) is 6.78. The number of carbonyl (C=O) groups excluding carboxylic acids is 1. The lowest BCUT2D eigenvalue weighted by Crippen LogP contribution is -2.34. The van der Waals surface area contributed by atoms with Crippen molar-refractivity contribution in [3.8, 4) is 0 Å². The molecule has 1 heterocycles. The standard InChI is InChI=1S/C13H20N4O2S/c1-5-17(7-8(2)11(14)20)10-6-9(3)15-12(16-10)13(18)19-4/h6,8H,5,7H2,1-4H3,(H2,14,20). The minimum absolute atomic E-state index is 0.0572. The Labute approximate surface area is 124 Å². The summed E-state index contributed by atoms with van der Waals surface area (Å²) in [5.41, 5.74) is 6.35. The van der Waals surface area contributed by atoms with Crippen molar-refractivity contribution in [1.29, 1.82) is 0 Å². The summed E-state index contributed by atoms with van der Waals surface area (Å²) in [6, 6.07) is 1.82. The molecule has 0 aromatic carbocycles. The molecule has 6 nitrogen and oxygen atoms in total. The number of rotatable bonds is 6. The fraction of sp³-hybridized carbons (Fsp3) is 0.538. The van der Waals surface area contributed by atoms with Crippen molar-refractivity contribution in [2.45, 2.75) is 20.8 Å². The Morgan fingerprint density at radius 2 is 2.20 bits per heavy atom. The van der Waals surface area contributed by atoms with Crippen LogP contribution in [-0.2, 0) is 4.74 Å². The van der Waals surface area contributed by atoms with Gasteiger partial charge in [0.15, 0.2) is 0 Å². The number of hydrogen-bond donors (Lipinski definition) is 1. The normalized spacial score (nSPS) is 11.8. The number of carbonyl (C=O) groups is 1. The maximum Gasteiger partial charge on any atom is 0.376 e. The van der Waals surface area contributed by atoms with E-state index in [1.807, 2.05) is 31.7 Å². The summed E-state index contributed by atoms with van der Waals surface area (Å²) in [6.45, 7) is 7.14. The van der Waals surface area contributed by atoms with Gasteiger partial charge in [0.2, 0.25) is 5.82 Å². The average molecular weight is 296 g/mol. The quantitative estimate of drug-likeness (QED) is 0.626. The van der Waals surface area contributed by atoms with Gasteiger partial charge in [-0.15, -0.1) is 0 Å². The number of aromatic nitrogens is 2. The maximum absolute atomic E-state index is 11.6. The molecule has 1 rings (SSSR count). The van der Waals surface area contributed by atoms with Gasteiger partial charge in [0.1, 0.15) is 5.82 Å². The Hall–Kier alpha value is -1.76. The predicted molar refractivity (Wildman–Crippen MR) is 81.9 cm³/mol. The number of esters is 1. The van der Waals surface area contributed by atoms with Crippen LogP contribution in [0.3, 0.4) is 0 Å². The largest absolute Gasteiger partial charge is 0.463 e. The SMILES string of the molecule is CCN(CC(C)C(N)=S)c1cc(C)nc(C(=O)OC)n1. The fourth-order valence-corrected chi connectivity index (χ4v) is 1.78. The Morgan fingerprint density at radius 3 is 2.70 bits per heavy atom. The van der Waals surface area contributed by atoms with E-state index in [1.165, 1.54) is 7.11 Å². The molecule has 1 aromatic heterocycles. The second-order valence-corrected chi connectivity index (χ2v) is 5.00. The summed E-state index contributed by atoms with van der Waals surface area (Å²) in [7, 11) is 1.31. The minimum Gasteiger partial charge on any atom is -0.463 e. The van der Waals surface area contributed by atoms with E-state index < -0.39 is 5.97 Å². The molecule has 0 aliphatic heterocycles. The molecule has 0 saturated heterocycles. The highest BCUT2D eigenvalue weighted by Crippen LogP contribution is 2.15. The van der Waals surface area contributed by atoms with Crippen molar-refractivity contribution in [2.75, 3.05) is 25.1 Å². The van der Waals surface area contributed by atoms with Crippen LogP contribution < -0.4 is 10.6 Å². The number of aryl methyl sites for hydroxylation is 1. The Bertz CT molecular complexity index is 507. The second-order valence-electron chi connectivity index (χ2n) is 4.52. The molecule has 0 aliphatic rings. The van der Waals surface area contributed by atoms with Crippen LogP contribution in [0.25, 0.3) is 0 Å². The molecular weight excluding hydrogens is 276 g/mol. The summed E-state index contributed by atoms with van der Waals surface area (Å²) in [4.78, 5) is 22.3. The number of nitrogens with zero attached hydrogens (tertiary/aromatic N) is 3. The van der Waals surface area contributed by atoms with E-state index in [0.29, 0.717) is 23.0 Å². The number of hydrogen-bond acceptors (Lipinski definition) is 6. The lowest BCUT2D eigenvalue weighted by molar-refractivity contribution is 0.0586. The van der Waals surface area contributed by atoms with E-state index in [2.05, 4.69) is 14.7 Å². The van der Waals surface area contributed by atoms with Crippen LogP contribution in [0.1, 0.15) is 30.2 Å². The van der Waals surface area contributed by atoms with Crippen LogP contribution in [0.5, 0.6) is 0 Å². The minimum atomic E-state index is -0.548. The van der Waals surface area contributed by atoms with E-state index >= 15 is 0 Å². The summed E-state index contributed by atoms with van der Waals surface area (Å²) < 4.78 is 4.66. The van der Waals surface area contributed by atoms with Gasteiger partial charge in [-0.05, 0) is 13.8 Å². The van der Waals surface area contributed by atoms with Crippen LogP contribution in [0, 0.1) is 12.8 Å². The van der Waals surface area contributed by atoms with Gasteiger partial charge in [-0.2, -0.15) is 0 Å². The molecule has 0 radical (unpaired) electrons. The third-order valence-electron chi connectivity index (χ3n) is 2.89. The zero-order valence-corrected chi connectivity index (χ0v) is 13.0. The molecule has 110 valence electrons. The first kappa shape index (κ1) is 16.3. The predicted octanol–water partition coefficient (Wildman–Crippen LogP) is 1.32. The number of methoxy groups -OCH3 is 1. The number of anilines is 1. The van der Waals surface area contributed by atoms with Crippen LogP contribution in [0.4, 0.5) is 5.82 Å². The summed E-state index contributed by atoms with van der Waals surface area (Å²) in [5.74, 6) is 0.239. The van der Waals surface area contributed by atoms with Crippen molar-refractivity contribution in [2.24, 2.45) is 11.7 Å². The molecule has 0 amide bonds. The molecule has 1 atom stereocenters. The summed E-state index contributed by atoms with van der Waals surface area (Å²) in [5, 5.41) is 0. The van der Waals surface area contributed by atoms with Crippen molar-refractivity contribution < 1.29 is 9.53 Å². The Balaban J connectivity index is 3.06. The monoisotopic (exact) mass is 296 g/mol. The Kier molecular flexibility index (Phi) is 5.82. The summed E-state index contributed by atoms with van der Waals surface area (Å²) >= 11 is 4.99. The van der Waals surface area contributed by atoms with Gasteiger partial charge in [-0.25, -0.2) is 14.8 Å². The molecular formula is C13H20N4O2S. The topological polar surface area (TPSA) is 81.3 Å². The first-order valence-electron chi connectivity index (χ1n) is 6.37. The molecule has 0 bridgehead atoms. The van der Waals surface area contributed by atoms with Crippen molar-refractivity contribution in [3.63, 3.8) is 0 Å². The van der Waals surface area contributed by atoms with Crippen molar-refractivity contribution >= 4 is 29.0 Å². The first-order chi connectivity index (χ1) is 9.38. The van der Waals surface area contributed by atoms with E-state index in [1.54, 1.807) is 0 Å². The van der Waals surface area contributed by atoms with Gasteiger partial charge in [0, 0.05) is 30.8 Å². The number of thiocarbonyl (C=S) groups is 1. The van der Waals surface area contributed by atoms with Crippen molar-refractivity contribution in [3.05, 3.63) is 17.6 Å². The molecule has 0 aliphatic carbocycles. The third kappa shape index (κ3) is 4.12. The van der Waals surface area contributed by atoms with E-state index in [9.17, 15) is 4.79 Å². The lowest BCUT2D eigenvalue weighted by Gasteiger charge is -2.25. The van der Waals surface area contributed by atoms with E-state index in [0.717, 1.165) is 6.54 Å². The highest BCUT2D eigenvalue weighted by molar-refractivity contribution is 7.80. The molecule has 20 heavy (non-hydrogen) atoms. The van der Waals surface area contributed by atoms with Gasteiger partial charge in [-0.1, -0.05) is 19.1 Å². The van der Waals surface area contributed by atoms with Gasteiger partial charge in [0.05, 0.1) is 12.1 Å². The molecule has 0 fully saturated rings. The summed E-state index contributed by atoms with van der Waals surface area (Å²) in [6.07, 6.45) is 0. The highest BCUT2D eigenvalue weighted by Gasteiger charge is 2.17. The maximum atomic E-state index is 11.6. The molecule has 1 aromatic rings. The van der Waals surface area contributed by atoms with Gasteiger partial charge in [0.25, 0.3) is 0 Å². The molecule has 7 heteroatoms. The zero-order valence-electron chi connectivity index (χ0n) is 12.2. The lowest BCUT2D eigenvalue weighted by atomic mass is 10.1. The van der Waals surface area contributed by atoms with Crippen LogP contribution in [0.2, 0.25) is 0 Å². The van der Waals surface area contributed by atoms with E-state index in [-0.39, 0.29) is 11.7 Å². The van der Waals surface area contributed by atoms with Crippen LogP contribution in [-0.4, -0.2) is 41.1 Å². The van der Waals surface area contributed by atoms with Gasteiger partial charge in [-0.3, -0.25) is 0 Å². The van der Waals surface area contributed by atoms with E-state index in [4.69, 9.17) is 18.0 Å². The smallest absolute Gasteiger partial charge is 0.376 e. The molecule has 0 spiro atoms. The average Bonchev–Trinajstić information content (AvgIpc) is 2.42. The molecule has 0 saturated carbocycles. The highest BCUT2D eigenvalue weighted by atomic mass is 32.1. The number of nitrogens with two attached hydrogens (primary N) is 1. The van der Waals surface area contributed by atoms with Crippen LogP contribution in [0.15, 0.2) is 6.07 Å². The number of ether oxygens (including phenoxy) is 1. The second kappa shape index (κ2) is 7.14. The zero-order chi connectivity index (χ0) is 15.3. The van der Waals surface area contributed by atoms with Crippen molar-refractivity contribution in [1.82, 2.24) is 9.97 Å². The molecule has 2 N–H and O–H groups in total. The van der Waals surface area contributed by atoms with Gasteiger partial charge < -0.3 is 15.4 Å². The third-order valence-corrected chi connectivity index (χ3v) is 3.30. The van der Waals surface area contributed by atoms with Crippen LogP contribution >= 0.6 is 12.2 Å².